The maximum atomic E-state index is 11.6. The number of nitrogens with one attached hydrogen (secondary N) is 2. The van der Waals surface area contributed by atoms with E-state index in [9.17, 15) is 4.79 Å². The fourth-order valence-electron chi connectivity index (χ4n) is 3.64. The number of amides is 1. The molecule has 0 aliphatic carbocycles. The molecule has 1 aromatic heterocycles. The highest BCUT2D eigenvalue weighted by Crippen LogP contribution is 2.46. The third-order valence-corrected chi connectivity index (χ3v) is 6.10. The van der Waals surface area contributed by atoms with Crippen LogP contribution in [0.2, 0.25) is 10.0 Å². The van der Waals surface area contributed by atoms with Gasteiger partial charge in [0.2, 0.25) is 11.9 Å². The van der Waals surface area contributed by atoms with Gasteiger partial charge in [-0.3, -0.25) is 4.79 Å². The molecule has 10 heteroatoms. The van der Waals surface area contributed by atoms with E-state index in [0.717, 1.165) is 16.5 Å². The number of carbonyl (C=O) groups is 1. The zero-order valence-electron chi connectivity index (χ0n) is 18.0. The SMILES string of the molecule is C=CC(=O)N[C@@H]1COCC1Nc1ncc2cc(-c3c(Cl)c(OC)cc(OC)c3Cl)ccc2n1. The van der Waals surface area contributed by atoms with Crippen LogP contribution >= 0.6 is 23.2 Å². The summed E-state index contributed by atoms with van der Waals surface area (Å²) >= 11 is 13.1. The Morgan fingerprint density at radius 2 is 1.85 bits per heavy atom. The lowest BCUT2D eigenvalue weighted by molar-refractivity contribution is -0.117. The molecule has 0 radical (unpaired) electrons. The number of methoxy groups -OCH3 is 2. The number of fused-ring (bicyclic) bond motifs is 1. The molecule has 3 aromatic rings. The molecule has 2 atom stereocenters. The fraction of sp³-hybridized carbons (Fsp3) is 0.261. The number of hydrogen-bond donors (Lipinski definition) is 2. The monoisotopic (exact) mass is 488 g/mol. The van der Waals surface area contributed by atoms with Crippen LogP contribution in [0.15, 0.2) is 43.1 Å². The summed E-state index contributed by atoms with van der Waals surface area (Å²) in [5.74, 6) is 1.10. The third kappa shape index (κ3) is 4.68. The van der Waals surface area contributed by atoms with Crippen molar-refractivity contribution < 1.29 is 19.0 Å². The Morgan fingerprint density at radius 1 is 1.15 bits per heavy atom. The van der Waals surface area contributed by atoms with Crippen molar-refractivity contribution in [2.45, 2.75) is 12.1 Å². The Hall–Kier alpha value is -3.07. The summed E-state index contributed by atoms with van der Waals surface area (Å²) in [6.45, 7) is 4.31. The molecule has 1 aliphatic heterocycles. The zero-order valence-corrected chi connectivity index (χ0v) is 19.5. The van der Waals surface area contributed by atoms with Gasteiger partial charge in [0, 0.05) is 23.2 Å². The number of halogens is 2. The Bertz CT molecular complexity index is 1190. The summed E-state index contributed by atoms with van der Waals surface area (Å²) in [5, 5.41) is 7.65. The number of carbonyl (C=O) groups excluding carboxylic acids is 1. The predicted molar refractivity (Wildman–Crippen MR) is 128 cm³/mol. The number of hydrogen-bond acceptors (Lipinski definition) is 7. The topological polar surface area (TPSA) is 94.6 Å². The normalized spacial score (nSPS) is 17.6. The average Bonchev–Trinajstić information content (AvgIpc) is 3.25. The molecule has 2 N–H and O–H groups in total. The minimum Gasteiger partial charge on any atom is -0.495 e. The van der Waals surface area contributed by atoms with Crippen LogP contribution < -0.4 is 20.1 Å². The van der Waals surface area contributed by atoms with E-state index < -0.39 is 0 Å². The van der Waals surface area contributed by atoms with E-state index in [1.807, 2.05) is 18.2 Å². The van der Waals surface area contributed by atoms with Gasteiger partial charge in [0.05, 0.1) is 55.1 Å². The van der Waals surface area contributed by atoms with Gasteiger partial charge in [0.25, 0.3) is 0 Å². The van der Waals surface area contributed by atoms with Gasteiger partial charge < -0.3 is 24.8 Å². The van der Waals surface area contributed by atoms with E-state index in [2.05, 4.69) is 27.2 Å². The highest BCUT2D eigenvalue weighted by Gasteiger charge is 2.29. The zero-order chi connectivity index (χ0) is 23.5. The number of nitrogens with zero attached hydrogens (tertiary/aromatic N) is 2. The van der Waals surface area contributed by atoms with Crippen molar-refractivity contribution in [3.63, 3.8) is 0 Å². The van der Waals surface area contributed by atoms with Gasteiger partial charge in [-0.15, -0.1) is 0 Å². The van der Waals surface area contributed by atoms with Gasteiger partial charge in [0.15, 0.2) is 0 Å². The largest absolute Gasteiger partial charge is 0.495 e. The van der Waals surface area contributed by atoms with Gasteiger partial charge >= 0.3 is 0 Å². The molecule has 1 amide bonds. The lowest BCUT2D eigenvalue weighted by atomic mass is 10.0. The predicted octanol–water partition coefficient (Wildman–Crippen LogP) is 4.10. The van der Waals surface area contributed by atoms with E-state index in [-0.39, 0.29) is 18.0 Å². The standard InChI is InChI=1S/C23H22Cl2N4O4/c1-4-19(30)27-15-10-33-11-16(15)29-23-26-9-13-7-12(5-6-14(13)28-23)20-21(24)17(31-2)8-18(32-3)22(20)25/h4-9,15-16H,1,10-11H2,2-3H3,(H,27,30)(H,26,28,29)/t15-,16?/m1/s1. The van der Waals surface area contributed by atoms with E-state index >= 15 is 0 Å². The van der Waals surface area contributed by atoms with Crippen molar-refractivity contribution in [1.29, 1.82) is 0 Å². The molecule has 1 saturated heterocycles. The average molecular weight is 489 g/mol. The molecule has 0 bridgehead atoms. The first-order valence-corrected chi connectivity index (χ1v) is 10.8. The molecule has 172 valence electrons. The van der Waals surface area contributed by atoms with Crippen molar-refractivity contribution >= 4 is 46.0 Å². The van der Waals surface area contributed by atoms with E-state index in [0.29, 0.717) is 46.3 Å². The molecular weight excluding hydrogens is 467 g/mol. The van der Waals surface area contributed by atoms with Crippen LogP contribution in [0.3, 0.4) is 0 Å². The first kappa shape index (κ1) is 23.1. The van der Waals surface area contributed by atoms with Crippen molar-refractivity contribution in [1.82, 2.24) is 15.3 Å². The first-order valence-electron chi connectivity index (χ1n) is 10.1. The summed E-state index contributed by atoms with van der Waals surface area (Å²) < 4.78 is 16.2. The Morgan fingerprint density at radius 3 is 2.52 bits per heavy atom. The lowest BCUT2D eigenvalue weighted by Crippen LogP contribution is -2.45. The van der Waals surface area contributed by atoms with E-state index in [1.54, 1.807) is 12.3 Å². The summed E-state index contributed by atoms with van der Waals surface area (Å²) in [7, 11) is 3.06. The lowest BCUT2D eigenvalue weighted by Gasteiger charge is -2.19. The van der Waals surface area contributed by atoms with E-state index in [1.165, 1.54) is 20.3 Å². The van der Waals surface area contributed by atoms with Crippen LogP contribution in [0.25, 0.3) is 22.0 Å². The van der Waals surface area contributed by atoms with Crippen LogP contribution in [0.1, 0.15) is 0 Å². The number of benzene rings is 2. The molecule has 2 heterocycles. The fourth-order valence-corrected chi connectivity index (χ4v) is 4.36. The highest BCUT2D eigenvalue weighted by molar-refractivity contribution is 6.41. The first-order chi connectivity index (χ1) is 15.9. The van der Waals surface area contributed by atoms with Gasteiger partial charge in [-0.25, -0.2) is 9.97 Å². The van der Waals surface area contributed by atoms with Crippen molar-refractivity contribution in [3.05, 3.63) is 53.2 Å². The minimum atomic E-state index is -0.254. The van der Waals surface area contributed by atoms with Crippen molar-refractivity contribution in [2.75, 3.05) is 32.8 Å². The van der Waals surface area contributed by atoms with Crippen LogP contribution in [-0.2, 0) is 9.53 Å². The van der Waals surface area contributed by atoms with Gasteiger partial charge in [-0.1, -0.05) is 35.8 Å². The van der Waals surface area contributed by atoms with Crippen LogP contribution in [0, 0.1) is 0 Å². The number of ether oxygens (including phenoxy) is 3. The number of rotatable bonds is 7. The number of anilines is 1. The third-order valence-electron chi connectivity index (χ3n) is 5.35. The quantitative estimate of drug-likeness (QED) is 0.483. The second-order valence-electron chi connectivity index (χ2n) is 7.36. The smallest absolute Gasteiger partial charge is 0.243 e. The molecule has 1 unspecified atom stereocenters. The minimum absolute atomic E-state index is 0.160. The Kier molecular flexibility index (Phi) is 6.88. The summed E-state index contributed by atoms with van der Waals surface area (Å²) in [4.78, 5) is 20.7. The van der Waals surface area contributed by atoms with Gasteiger partial charge in [0.1, 0.15) is 11.5 Å². The molecule has 2 aromatic carbocycles. The molecule has 8 nitrogen and oxygen atoms in total. The van der Waals surface area contributed by atoms with Crippen LogP contribution in [-0.4, -0.2) is 55.4 Å². The Labute approximate surface area is 200 Å². The Balaban J connectivity index is 1.63. The highest BCUT2D eigenvalue weighted by atomic mass is 35.5. The molecule has 0 spiro atoms. The van der Waals surface area contributed by atoms with E-state index in [4.69, 9.17) is 37.4 Å². The number of aromatic nitrogens is 2. The molecule has 4 rings (SSSR count). The summed E-state index contributed by atoms with van der Waals surface area (Å²) in [6.07, 6.45) is 2.94. The molecule has 0 saturated carbocycles. The molecule has 1 aliphatic rings. The van der Waals surface area contributed by atoms with Gasteiger partial charge in [-0.2, -0.15) is 0 Å². The van der Waals surface area contributed by atoms with Gasteiger partial charge in [-0.05, 0) is 23.8 Å². The maximum absolute atomic E-state index is 11.6. The molecule has 33 heavy (non-hydrogen) atoms. The van der Waals surface area contributed by atoms with Crippen molar-refractivity contribution in [2.24, 2.45) is 0 Å². The van der Waals surface area contributed by atoms with Crippen LogP contribution in [0.5, 0.6) is 11.5 Å². The maximum Gasteiger partial charge on any atom is 0.243 e. The molecule has 1 fully saturated rings. The second-order valence-corrected chi connectivity index (χ2v) is 8.11. The summed E-state index contributed by atoms with van der Waals surface area (Å²) in [5.41, 5.74) is 2.10. The summed E-state index contributed by atoms with van der Waals surface area (Å²) in [6, 6.07) is 6.91. The molecular formula is C23H22Cl2N4O4. The second kappa shape index (κ2) is 9.82. The van der Waals surface area contributed by atoms with Crippen LogP contribution in [0.4, 0.5) is 5.95 Å². The van der Waals surface area contributed by atoms with Crippen molar-refractivity contribution in [3.8, 4) is 22.6 Å².